The molecule has 2 aromatic rings. The number of hydrazone groups is 1. The first-order valence-corrected chi connectivity index (χ1v) is 9.63. The maximum absolute atomic E-state index is 13.3. The Hall–Kier alpha value is -3.76. The summed E-state index contributed by atoms with van der Waals surface area (Å²) >= 11 is 0. The lowest BCUT2D eigenvalue weighted by Crippen LogP contribution is -2.25. The van der Waals surface area contributed by atoms with Crippen LogP contribution in [0.4, 0.5) is 23.2 Å². The summed E-state index contributed by atoms with van der Waals surface area (Å²) in [7, 11) is 0. The van der Waals surface area contributed by atoms with Crippen LogP contribution in [-0.2, 0) is 15.5 Å². The van der Waals surface area contributed by atoms with Gasteiger partial charge in [-0.3, -0.25) is 9.59 Å². The normalized spacial score (nSPS) is 13.6. The van der Waals surface area contributed by atoms with E-state index < -0.39 is 24.4 Å². The molecule has 0 aliphatic rings. The van der Waals surface area contributed by atoms with E-state index in [2.05, 4.69) is 14.8 Å². The highest BCUT2D eigenvalue weighted by molar-refractivity contribution is 6.10. The Balaban J connectivity index is 2.15. The Morgan fingerprint density at radius 2 is 1.70 bits per heavy atom. The zero-order valence-corrected chi connectivity index (χ0v) is 18.0. The molecule has 0 heterocycles. The van der Waals surface area contributed by atoms with Crippen LogP contribution < -0.4 is 15.5 Å². The van der Waals surface area contributed by atoms with Crippen LogP contribution in [0, 0.1) is 5.92 Å². The van der Waals surface area contributed by atoms with Gasteiger partial charge in [-0.25, -0.2) is 13.8 Å². The fourth-order valence-electron chi connectivity index (χ4n) is 2.57. The Kier molecular flexibility index (Phi) is 8.27. The molecule has 1 unspecified atom stereocenters. The molecule has 11 heteroatoms. The van der Waals surface area contributed by atoms with Gasteiger partial charge >= 0.3 is 6.61 Å². The minimum absolute atomic E-state index is 0.0932. The van der Waals surface area contributed by atoms with Gasteiger partial charge in [-0.1, -0.05) is 24.3 Å². The third kappa shape index (κ3) is 7.13. The second-order valence-electron chi connectivity index (χ2n) is 7.09. The second kappa shape index (κ2) is 10.7. The highest BCUT2D eigenvalue weighted by Gasteiger charge is 2.24. The van der Waals surface area contributed by atoms with Crippen LogP contribution in [0.15, 0.2) is 58.6 Å². The van der Waals surface area contributed by atoms with E-state index in [1.165, 1.54) is 62.4 Å². The number of ether oxygens (including phenoxy) is 1. The van der Waals surface area contributed by atoms with Crippen molar-refractivity contribution in [1.82, 2.24) is 0 Å². The van der Waals surface area contributed by atoms with Crippen molar-refractivity contribution in [3.05, 3.63) is 59.7 Å². The third-order valence-electron chi connectivity index (χ3n) is 4.61. The zero-order chi connectivity index (χ0) is 24.8. The van der Waals surface area contributed by atoms with Crippen molar-refractivity contribution in [2.45, 2.75) is 33.3 Å². The van der Waals surface area contributed by atoms with E-state index in [-0.39, 0.29) is 28.5 Å². The van der Waals surface area contributed by atoms with Gasteiger partial charge in [0.25, 0.3) is 11.8 Å². The number of carbonyl (C=O) groups is 2. The topological polar surface area (TPSA) is 97.4 Å². The highest BCUT2D eigenvalue weighted by Crippen LogP contribution is 2.26. The summed E-state index contributed by atoms with van der Waals surface area (Å²) in [5.41, 5.74) is 6.39. The molecular formula is C22H22F4N4O3. The van der Waals surface area contributed by atoms with Crippen LogP contribution in [0.1, 0.15) is 31.9 Å². The van der Waals surface area contributed by atoms with Gasteiger partial charge in [0.15, 0.2) is 0 Å². The number of benzene rings is 2. The molecule has 1 atom stereocenters. The Bertz CT molecular complexity index is 1030. The summed E-state index contributed by atoms with van der Waals surface area (Å²) in [5, 5.41) is 4.99. The van der Waals surface area contributed by atoms with Crippen LogP contribution in [-0.4, -0.2) is 30.5 Å². The monoisotopic (exact) mass is 466 g/mol. The molecule has 2 amide bonds. The molecule has 2 aromatic carbocycles. The van der Waals surface area contributed by atoms with Gasteiger partial charge in [-0.15, -0.1) is 0 Å². The van der Waals surface area contributed by atoms with Crippen molar-refractivity contribution in [1.29, 1.82) is 0 Å². The number of amidine groups is 1. The molecule has 0 radical (unpaired) electrons. The van der Waals surface area contributed by atoms with Crippen LogP contribution >= 0.6 is 0 Å². The van der Waals surface area contributed by atoms with Gasteiger partial charge in [-0.05, 0) is 38.1 Å². The molecule has 33 heavy (non-hydrogen) atoms. The molecule has 0 spiro atoms. The highest BCUT2D eigenvalue weighted by atomic mass is 19.3. The second-order valence-corrected chi connectivity index (χ2v) is 7.09. The number of halogens is 4. The van der Waals surface area contributed by atoms with Gasteiger partial charge in [0.05, 0.1) is 11.6 Å². The summed E-state index contributed by atoms with van der Waals surface area (Å²) in [6, 6.07) is 10.2. The molecule has 0 aliphatic heterocycles. The lowest BCUT2D eigenvalue weighted by atomic mass is 10.1. The predicted octanol–water partition coefficient (Wildman–Crippen LogP) is 4.31. The minimum Gasteiger partial charge on any atom is -0.435 e. The third-order valence-corrected chi connectivity index (χ3v) is 4.61. The van der Waals surface area contributed by atoms with Crippen molar-refractivity contribution in [3.8, 4) is 5.75 Å². The molecule has 176 valence electrons. The van der Waals surface area contributed by atoms with Gasteiger partial charge in [0.2, 0.25) is 6.41 Å². The van der Waals surface area contributed by atoms with Crippen molar-refractivity contribution in [2.75, 3.05) is 5.01 Å². The van der Waals surface area contributed by atoms with E-state index in [4.69, 9.17) is 5.73 Å². The Labute approximate surface area is 187 Å². The predicted molar refractivity (Wildman–Crippen MR) is 116 cm³/mol. The van der Waals surface area contributed by atoms with Gasteiger partial charge in [-0.2, -0.15) is 18.9 Å². The number of hydrogen-bond donors (Lipinski definition) is 1. The molecule has 7 nitrogen and oxygen atoms in total. The van der Waals surface area contributed by atoms with E-state index >= 15 is 0 Å². The molecule has 0 fully saturated rings. The van der Waals surface area contributed by atoms with Crippen molar-refractivity contribution < 1.29 is 31.9 Å². The number of amides is 2. The van der Waals surface area contributed by atoms with Crippen LogP contribution in [0.25, 0.3) is 0 Å². The summed E-state index contributed by atoms with van der Waals surface area (Å²) in [6.45, 7) is 0.781. The molecule has 0 bridgehead atoms. The van der Waals surface area contributed by atoms with Gasteiger partial charge < -0.3 is 10.5 Å². The van der Waals surface area contributed by atoms with Gasteiger partial charge in [0, 0.05) is 23.8 Å². The first-order chi connectivity index (χ1) is 15.4. The average Bonchev–Trinajstić information content (AvgIpc) is 2.76. The minimum atomic E-state index is -3.01. The zero-order valence-electron chi connectivity index (χ0n) is 18.0. The Morgan fingerprint density at radius 1 is 1.12 bits per heavy atom. The fourth-order valence-corrected chi connectivity index (χ4v) is 2.57. The number of nitrogens with zero attached hydrogens (tertiary/aromatic N) is 3. The molecular weight excluding hydrogens is 444 g/mol. The van der Waals surface area contributed by atoms with E-state index in [9.17, 15) is 27.2 Å². The lowest BCUT2D eigenvalue weighted by Gasteiger charge is -2.15. The van der Waals surface area contributed by atoms with E-state index in [1.54, 1.807) is 0 Å². The number of anilines is 1. The number of rotatable bonds is 9. The first kappa shape index (κ1) is 25.5. The molecule has 2 N–H and O–H groups in total. The number of carbonyl (C=O) groups excluding carboxylic acids is 2. The lowest BCUT2D eigenvalue weighted by molar-refractivity contribution is -0.119. The van der Waals surface area contributed by atoms with Crippen LogP contribution in [0.3, 0.4) is 0 Å². The maximum atomic E-state index is 13.3. The SMILES string of the molecule is C/C(=N/N(C=O)c1ccc(OC(F)F)cc1)C(C)C(=O)N=C(N)c1ccc(C(C)(F)F)cc1. The largest absolute Gasteiger partial charge is 0.435 e. The standard InChI is InChI=1S/C22H22F4N4O3/c1-13(20(32)28-19(27)15-4-6-16(7-5-15)22(3,25)26)14(2)29-30(12-31)17-8-10-18(11-9-17)33-21(23)24/h4-13,21H,1-3H3,(H2,27,28,32)/b29-14-. The molecule has 0 saturated heterocycles. The molecule has 0 aromatic heterocycles. The van der Waals surface area contributed by atoms with E-state index in [0.717, 1.165) is 11.9 Å². The van der Waals surface area contributed by atoms with Crippen LogP contribution in [0.2, 0.25) is 0 Å². The van der Waals surface area contributed by atoms with Crippen molar-refractivity contribution >= 4 is 29.6 Å². The maximum Gasteiger partial charge on any atom is 0.387 e. The number of alkyl halides is 4. The van der Waals surface area contributed by atoms with Gasteiger partial charge in [0.1, 0.15) is 11.6 Å². The number of nitrogens with two attached hydrogens (primary N) is 1. The number of hydrogen-bond acceptors (Lipinski definition) is 4. The quantitative estimate of drug-likeness (QED) is 0.196. The molecule has 0 saturated carbocycles. The van der Waals surface area contributed by atoms with E-state index in [0.29, 0.717) is 12.0 Å². The molecule has 0 aliphatic carbocycles. The summed E-state index contributed by atoms with van der Waals surface area (Å²) in [4.78, 5) is 27.7. The fraction of sp³-hybridized carbons (Fsp3) is 0.273. The van der Waals surface area contributed by atoms with Crippen molar-refractivity contribution in [2.24, 2.45) is 21.7 Å². The Morgan fingerprint density at radius 3 is 2.18 bits per heavy atom. The van der Waals surface area contributed by atoms with E-state index in [1.807, 2.05) is 0 Å². The van der Waals surface area contributed by atoms with Crippen molar-refractivity contribution in [3.63, 3.8) is 0 Å². The first-order valence-electron chi connectivity index (χ1n) is 9.63. The smallest absolute Gasteiger partial charge is 0.387 e. The summed E-state index contributed by atoms with van der Waals surface area (Å²) < 4.78 is 55.4. The molecule has 2 rings (SSSR count). The summed E-state index contributed by atoms with van der Waals surface area (Å²) in [5.74, 6) is -4.79. The number of aliphatic imine (C=N–C) groups is 1. The van der Waals surface area contributed by atoms with Crippen LogP contribution in [0.5, 0.6) is 5.75 Å². The summed E-state index contributed by atoms with van der Waals surface area (Å²) in [6.07, 6.45) is 0.381. The average molecular weight is 466 g/mol.